The molecule has 0 saturated heterocycles. The van der Waals surface area contributed by atoms with Crippen LogP contribution in [0.25, 0.3) is 11.1 Å². The molecule has 1 heterocycles. The van der Waals surface area contributed by atoms with Crippen molar-refractivity contribution in [3.05, 3.63) is 53.6 Å². The molecule has 0 radical (unpaired) electrons. The van der Waals surface area contributed by atoms with Gasteiger partial charge in [-0.3, -0.25) is 0 Å². The Bertz CT molecular complexity index is 865. The van der Waals surface area contributed by atoms with E-state index in [2.05, 4.69) is 0 Å². The summed E-state index contributed by atoms with van der Waals surface area (Å²) in [6.07, 6.45) is 0. The van der Waals surface area contributed by atoms with Crippen LogP contribution in [0.2, 0.25) is 0 Å². The largest absolute Gasteiger partial charge is 0.497 e. The molecule has 128 valence electrons. The number of carboxylic acid groups (broad SMARTS) is 2. The highest BCUT2D eigenvalue weighted by Crippen LogP contribution is 2.36. The number of ether oxygens (including phenoxy) is 3. The highest BCUT2D eigenvalue weighted by molar-refractivity contribution is 6.36. The molecule has 25 heavy (non-hydrogen) atoms. The van der Waals surface area contributed by atoms with E-state index in [-0.39, 0.29) is 29.1 Å². The minimum Gasteiger partial charge on any atom is -0.497 e. The molecule has 2 aromatic rings. The van der Waals surface area contributed by atoms with Crippen molar-refractivity contribution in [1.82, 2.24) is 0 Å². The summed E-state index contributed by atoms with van der Waals surface area (Å²) in [6.45, 7) is 0.0369. The summed E-state index contributed by atoms with van der Waals surface area (Å²) in [5, 5.41) is 19.3. The zero-order chi connectivity index (χ0) is 18.0. The summed E-state index contributed by atoms with van der Waals surface area (Å²) in [4.78, 5) is 23.6. The minimum absolute atomic E-state index is 0.0369. The lowest BCUT2D eigenvalue weighted by Gasteiger charge is -2.11. The van der Waals surface area contributed by atoms with Gasteiger partial charge in [-0.15, -0.1) is 0 Å². The molecule has 3 rings (SSSR count). The highest BCUT2D eigenvalue weighted by atomic mass is 16.7. The average molecular weight is 342 g/mol. The van der Waals surface area contributed by atoms with Crippen molar-refractivity contribution in [2.75, 3.05) is 13.9 Å². The molecule has 0 saturated carbocycles. The lowest BCUT2D eigenvalue weighted by atomic mass is 9.94. The Morgan fingerprint density at radius 2 is 1.44 bits per heavy atom. The number of hydrogen-bond acceptors (Lipinski definition) is 5. The van der Waals surface area contributed by atoms with Gasteiger partial charge in [0.25, 0.3) is 0 Å². The molecule has 0 aromatic heterocycles. The summed E-state index contributed by atoms with van der Waals surface area (Å²) in [7, 11) is 1.48. The Kier molecular flexibility index (Phi) is 4.30. The van der Waals surface area contributed by atoms with Gasteiger partial charge in [-0.25, -0.2) is 9.59 Å². The van der Waals surface area contributed by atoms with Crippen LogP contribution in [-0.4, -0.2) is 36.1 Å². The van der Waals surface area contributed by atoms with E-state index in [0.717, 1.165) is 0 Å². The average Bonchev–Trinajstić information content (AvgIpc) is 3.06. The Hall–Kier alpha value is -3.48. The quantitative estimate of drug-likeness (QED) is 0.636. The molecule has 0 atom stereocenters. The van der Waals surface area contributed by atoms with Gasteiger partial charge in [0.05, 0.1) is 18.3 Å². The number of benzene rings is 2. The molecular weight excluding hydrogens is 328 g/mol. The maximum Gasteiger partial charge on any atom is 0.337 e. The van der Waals surface area contributed by atoms with Crippen molar-refractivity contribution in [2.24, 2.45) is 0 Å². The van der Waals surface area contributed by atoms with Gasteiger partial charge in [-0.1, -0.05) is 18.2 Å². The van der Waals surface area contributed by atoms with E-state index in [1.54, 1.807) is 18.2 Å². The van der Waals surface area contributed by atoms with E-state index in [4.69, 9.17) is 14.2 Å². The van der Waals surface area contributed by atoms with Crippen molar-refractivity contribution in [3.63, 3.8) is 0 Å². The van der Waals surface area contributed by atoms with Crippen LogP contribution in [0.15, 0.2) is 42.5 Å². The molecule has 2 N–H and O–H groups in total. The Morgan fingerprint density at radius 3 is 2.04 bits per heavy atom. The molecule has 1 aliphatic rings. The number of hydrogen-bond donors (Lipinski definition) is 2. The minimum atomic E-state index is -1.35. The number of fused-ring (bicyclic) bond motifs is 1. The van der Waals surface area contributed by atoms with Gasteiger partial charge in [-0.05, 0) is 35.4 Å². The van der Waals surface area contributed by atoms with Gasteiger partial charge in [0.15, 0.2) is 11.5 Å². The second-order valence-electron chi connectivity index (χ2n) is 5.16. The molecule has 0 fully saturated rings. The van der Waals surface area contributed by atoms with E-state index in [0.29, 0.717) is 17.2 Å². The van der Waals surface area contributed by atoms with Gasteiger partial charge < -0.3 is 24.4 Å². The molecule has 7 heteroatoms. The second kappa shape index (κ2) is 6.56. The van der Waals surface area contributed by atoms with Crippen molar-refractivity contribution in [3.8, 4) is 17.2 Å². The smallest absolute Gasteiger partial charge is 0.337 e. The number of methoxy groups -OCH3 is 1. The summed E-state index contributed by atoms with van der Waals surface area (Å²) >= 11 is 0. The molecule has 0 amide bonds. The van der Waals surface area contributed by atoms with Crippen LogP contribution in [0.5, 0.6) is 17.2 Å². The van der Waals surface area contributed by atoms with Crippen LogP contribution in [0, 0.1) is 0 Å². The van der Waals surface area contributed by atoms with E-state index in [9.17, 15) is 19.8 Å². The first-order chi connectivity index (χ1) is 12.0. The second-order valence-corrected chi connectivity index (χ2v) is 5.16. The van der Waals surface area contributed by atoms with Crippen LogP contribution >= 0.6 is 0 Å². The number of carboxylic acids is 2. The van der Waals surface area contributed by atoms with Crippen molar-refractivity contribution in [2.45, 2.75) is 0 Å². The molecule has 0 unspecified atom stereocenters. The van der Waals surface area contributed by atoms with E-state index in [1.165, 1.54) is 31.4 Å². The zero-order valence-corrected chi connectivity index (χ0v) is 13.2. The van der Waals surface area contributed by atoms with Gasteiger partial charge in [0, 0.05) is 0 Å². The van der Waals surface area contributed by atoms with Crippen molar-refractivity contribution in [1.29, 1.82) is 0 Å². The van der Waals surface area contributed by atoms with Crippen LogP contribution in [0.4, 0.5) is 0 Å². The maximum absolute atomic E-state index is 11.8. The predicted octanol–water partition coefficient (Wildman–Crippen LogP) is 2.50. The highest BCUT2D eigenvalue weighted by Gasteiger charge is 2.25. The molecular formula is C18H14O7. The SMILES string of the molecule is COc1ccc(/C(C(=O)O)=C(/C(=O)O)c2ccc3c(c2)OCO3)cc1. The topological polar surface area (TPSA) is 102 Å². The van der Waals surface area contributed by atoms with Crippen LogP contribution in [-0.2, 0) is 9.59 Å². The Labute approximate surface area is 142 Å². The fraction of sp³-hybridized carbons (Fsp3) is 0.111. The molecule has 0 bridgehead atoms. The van der Waals surface area contributed by atoms with Crippen LogP contribution < -0.4 is 14.2 Å². The molecule has 0 aliphatic carbocycles. The van der Waals surface area contributed by atoms with Crippen LogP contribution in [0.3, 0.4) is 0 Å². The Balaban J connectivity index is 2.19. The third-order valence-corrected chi connectivity index (χ3v) is 3.72. The normalized spacial score (nSPS) is 13.2. The molecule has 7 nitrogen and oxygen atoms in total. The maximum atomic E-state index is 11.8. The summed E-state index contributed by atoms with van der Waals surface area (Å²) in [5.74, 6) is -1.31. The van der Waals surface area contributed by atoms with Crippen LogP contribution in [0.1, 0.15) is 11.1 Å². The third-order valence-electron chi connectivity index (χ3n) is 3.72. The standard InChI is InChI=1S/C18H14O7/c1-23-12-5-2-10(3-6-12)15(17(19)20)16(18(21)22)11-4-7-13-14(8-11)25-9-24-13/h2-8H,9H2,1H3,(H,19,20)(H,21,22)/b16-15-. The number of aliphatic carboxylic acids is 2. The first-order valence-electron chi connectivity index (χ1n) is 7.26. The first kappa shape index (κ1) is 16.4. The van der Waals surface area contributed by atoms with E-state index < -0.39 is 11.9 Å². The fourth-order valence-corrected chi connectivity index (χ4v) is 2.56. The monoisotopic (exact) mass is 342 g/mol. The number of carbonyl (C=O) groups is 2. The van der Waals surface area contributed by atoms with Gasteiger partial charge in [0.1, 0.15) is 5.75 Å². The summed E-state index contributed by atoms with van der Waals surface area (Å²) < 4.78 is 15.5. The third kappa shape index (κ3) is 3.12. The zero-order valence-electron chi connectivity index (χ0n) is 13.2. The van der Waals surface area contributed by atoms with Gasteiger partial charge in [-0.2, -0.15) is 0 Å². The fourth-order valence-electron chi connectivity index (χ4n) is 2.56. The van der Waals surface area contributed by atoms with E-state index in [1.807, 2.05) is 0 Å². The van der Waals surface area contributed by atoms with E-state index >= 15 is 0 Å². The predicted molar refractivity (Wildman–Crippen MR) is 87.6 cm³/mol. The molecule has 0 spiro atoms. The van der Waals surface area contributed by atoms with Gasteiger partial charge in [0.2, 0.25) is 6.79 Å². The first-order valence-corrected chi connectivity index (χ1v) is 7.26. The lowest BCUT2D eigenvalue weighted by Crippen LogP contribution is -2.10. The summed E-state index contributed by atoms with van der Waals surface area (Å²) in [5.41, 5.74) is -0.196. The lowest BCUT2D eigenvalue weighted by molar-refractivity contribution is -0.132. The van der Waals surface area contributed by atoms with Crippen molar-refractivity contribution < 1.29 is 34.0 Å². The number of rotatable bonds is 5. The molecule has 2 aromatic carbocycles. The van der Waals surface area contributed by atoms with Crippen molar-refractivity contribution >= 4 is 23.1 Å². The molecule has 1 aliphatic heterocycles. The Morgan fingerprint density at radius 1 is 0.880 bits per heavy atom. The van der Waals surface area contributed by atoms with Gasteiger partial charge >= 0.3 is 11.9 Å². The summed E-state index contributed by atoms with van der Waals surface area (Å²) in [6, 6.07) is 10.6.